The summed E-state index contributed by atoms with van der Waals surface area (Å²) in [6.07, 6.45) is 5.37. The second-order valence-electron chi connectivity index (χ2n) is 8.20. The molecule has 3 aromatic rings. The SMILES string of the molecule is CCS(=O)(=O)N1CC(CC#N)(n2cc(-c3nc(NC(=O)C4CC4)nc4ccsc34)cn2)C1. The highest BCUT2D eigenvalue weighted by Crippen LogP contribution is 2.37. The Hall–Kier alpha value is -2.88. The third kappa shape index (κ3) is 3.56. The summed E-state index contributed by atoms with van der Waals surface area (Å²) in [5.74, 6) is 0.244. The molecule has 1 aliphatic heterocycles. The quantitative estimate of drug-likeness (QED) is 0.558. The topological polar surface area (TPSA) is 134 Å². The molecule has 1 amide bonds. The first-order valence-electron chi connectivity index (χ1n) is 10.3. The number of anilines is 1. The molecule has 0 radical (unpaired) electrons. The minimum atomic E-state index is -3.32. The first kappa shape index (κ1) is 21.0. The highest BCUT2D eigenvalue weighted by atomic mass is 32.2. The average Bonchev–Trinajstić information content (AvgIpc) is 3.29. The van der Waals surface area contributed by atoms with Crippen molar-refractivity contribution in [3.05, 3.63) is 23.8 Å². The van der Waals surface area contributed by atoms with E-state index in [0.717, 1.165) is 28.6 Å². The number of hydrogen-bond donors (Lipinski definition) is 1. The van der Waals surface area contributed by atoms with Gasteiger partial charge in [0.1, 0.15) is 5.54 Å². The number of thiophene rings is 1. The fraction of sp³-hybridized carbons (Fsp3) is 0.450. The lowest BCUT2D eigenvalue weighted by Crippen LogP contribution is -2.64. The van der Waals surface area contributed by atoms with Gasteiger partial charge in [0, 0.05) is 30.8 Å². The third-order valence-corrected chi connectivity index (χ3v) is 8.62. The Morgan fingerprint density at radius 1 is 1.38 bits per heavy atom. The van der Waals surface area contributed by atoms with Crippen molar-refractivity contribution >= 4 is 43.4 Å². The molecule has 10 nitrogen and oxygen atoms in total. The summed E-state index contributed by atoms with van der Waals surface area (Å²) >= 11 is 1.49. The summed E-state index contributed by atoms with van der Waals surface area (Å²) in [4.78, 5) is 21.2. The zero-order chi connectivity index (χ0) is 22.5. The molecular formula is C20H21N7O3S2. The molecule has 0 bridgehead atoms. The molecule has 1 N–H and O–H groups in total. The fourth-order valence-corrected chi connectivity index (χ4v) is 5.93. The van der Waals surface area contributed by atoms with E-state index in [1.165, 1.54) is 15.6 Å². The van der Waals surface area contributed by atoms with Crippen LogP contribution < -0.4 is 5.32 Å². The molecule has 0 spiro atoms. The van der Waals surface area contributed by atoms with Crippen molar-refractivity contribution in [3.63, 3.8) is 0 Å². The van der Waals surface area contributed by atoms with Crippen LogP contribution in [-0.4, -0.2) is 57.2 Å². The summed E-state index contributed by atoms with van der Waals surface area (Å²) < 4.78 is 28.3. The summed E-state index contributed by atoms with van der Waals surface area (Å²) in [5.41, 5.74) is 1.39. The number of sulfonamides is 1. The molecule has 3 aromatic heterocycles. The van der Waals surface area contributed by atoms with E-state index < -0.39 is 15.6 Å². The molecule has 0 aromatic carbocycles. The molecule has 5 rings (SSSR count). The molecule has 166 valence electrons. The van der Waals surface area contributed by atoms with Crippen LogP contribution in [0.3, 0.4) is 0 Å². The standard InChI is InChI=1S/C20H21N7O3S2/c1-2-32(29,30)26-11-20(12-26,6-7-21)27-10-14(9-22-27)16-17-15(5-8-31-17)23-19(24-16)25-18(28)13-3-4-13/h5,8-10,13H,2-4,6,11-12H2,1H3,(H,23,24,25,28). The van der Waals surface area contributed by atoms with Gasteiger partial charge in [-0.05, 0) is 31.2 Å². The summed E-state index contributed by atoms with van der Waals surface area (Å²) in [5, 5.41) is 18.5. The number of rotatable bonds is 7. The highest BCUT2D eigenvalue weighted by molar-refractivity contribution is 7.89. The average molecular weight is 472 g/mol. The van der Waals surface area contributed by atoms with E-state index >= 15 is 0 Å². The monoisotopic (exact) mass is 471 g/mol. The number of hydrogen-bond acceptors (Lipinski definition) is 8. The van der Waals surface area contributed by atoms with Crippen molar-refractivity contribution in [1.29, 1.82) is 5.26 Å². The molecule has 32 heavy (non-hydrogen) atoms. The van der Waals surface area contributed by atoms with Gasteiger partial charge in [0.15, 0.2) is 0 Å². The van der Waals surface area contributed by atoms with Gasteiger partial charge < -0.3 is 0 Å². The molecule has 4 heterocycles. The van der Waals surface area contributed by atoms with Gasteiger partial charge in [-0.2, -0.15) is 14.7 Å². The third-order valence-electron chi connectivity index (χ3n) is 5.94. The molecular weight excluding hydrogens is 450 g/mol. The van der Waals surface area contributed by atoms with Gasteiger partial charge >= 0.3 is 0 Å². The lowest BCUT2D eigenvalue weighted by molar-refractivity contribution is -0.117. The zero-order valence-corrected chi connectivity index (χ0v) is 19.0. The van der Waals surface area contributed by atoms with Crippen molar-refractivity contribution in [3.8, 4) is 17.3 Å². The lowest BCUT2D eigenvalue weighted by atomic mass is 9.89. The number of nitrogens with zero attached hydrogens (tertiary/aromatic N) is 6. The van der Waals surface area contributed by atoms with Crippen LogP contribution in [0, 0.1) is 17.2 Å². The van der Waals surface area contributed by atoms with Crippen molar-refractivity contribution < 1.29 is 13.2 Å². The van der Waals surface area contributed by atoms with Crippen molar-refractivity contribution in [2.75, 3.05) is 24.2 Å². The lowest BCUT2D eigenvalue weighted by Gasteiger charge is -2.47. The number of fused-ring (bicyclic) bond motifs is 1. The molecule has 0 atom stereocenters. The van der Waals surface area contributed by atoms with Gasteiger partial charge in [0.05, 0.1) is 40.4 Å². The van der Waals surface area contributed by atoms with E-state index in [1.807, 2.05) is 11.4 Å². The van der Waals surface area contributed by atoms with Gasteiger partial charge in [-0.3, -0.25) is 14.8 Å². The second kappa shape index (κ2) is 7.61. The maximum absolute atomic E-state index is 12.2. The predicted octanol–water partition coefficient (Wildman–Crippen LogP) is 2.18. The fourth-order valence-electron chi connectivity index (χ4n) is 3.85. The number of carbonyl (C=O) groups is 1. The van der Waals surface area contributed by atoms with E-state index in [0.29, 0.717) is 5.69 Å². The van der Waals surface area contributed by atoms with E-state index in [-0.39, 0.29) is 43.0 Å². The van der Waals surface area contributed by atoms with E-state index in [1.54, 1.807) is 24.0 Å². The van der Waals surface area contributed by atoms with Gasteiger partial charge in [-0.15, -0.1) is 11.3 Å². The first-order chi connectivity index (χ1) is 15.3. The Morgan fingerprint density at radius 3 is 2.84 bits per heavy atom. The molecule has 1 aliphatic carbocycles. The van der Waals surface area contributed by atoms with Crippen molar-refractivity contribution in [1.82, 2.24) is 24.1 Å². The van der Waals surface area contributed by atoms with Crippen LogP contribution in [0.5, 0.6) is 0 Å². The summed E-state index contributed by atoms with van der Waals surface area (Å²) in [7, 11) is -3.32. The van der Waals surface area contributed by atoms with Crippen molar-refractivity contribution in [2.24, 2.45) is 5.92 Å². The van der Waals surface area contributed by atoms with Crippen LogP contribution in [0.2, 0.25) is 0 Å². The molecule has 1 saturated carbocycles. The summed E-state index contributed by atoms with van der Waals surface area (Å²) in [6.45, 7) is 2.02. The number of carbonyl (C=O) groups excluding carboxylic acids is 1. The number of amides is 1. The number of nitriles is 1. The second-order valence-corrected chi connectivity index (χ2v) is 11.4. The van der Waals surface area contributed by atoms with Gasteiger partial charge in [-0.25, -0.2) is 18.4 Å². The highest BCUT2D eigenvalue weighted by Gasteiger charge is 2.49. The predicted molar refractivity (Wildman–Crippen MR) is 119 cm³/mol. The largest absolute Gasteiger partial charge is 0.294 e. The zero-order valence-electron chi connectivity index (χ0n) is 17.4. The smallest absolute Gasteiger partial charge is 0.230 e. The van der Waals surface area contributed by atoms with E-state index in [2.05, 4.69) is 26.5 Å². The van der Waals surface area contributed by atoms with Crippen molar-refractivity contribution in [2.45, 2.75) is 31.7 Å². The molecule has 12 heteroatoms. The Morgan fingerprint density at radius 2 is 2.16 bits per heavy atom. The van der Waals surface area contributed by atoms with Crippen LogP contribution in [0.15, 0.2) is 23.8 Å². The molecule has 2 aliphatic rings. The summed E-state index contributed by atoms with van der Waals surface area (Å²) in [6, 6.07) is 4.04. The minimum Gasteiger partial charge on any atom is -0.294 e. The molecule has 2 fully saturated rings. The van der Waals surface area contributed by atoms with E-state index in [4.69, 9.17) is 0 Å². The first-order valence-corrected chi connectivity index (χ1v) is 12.8. The Labute approximate surface area is 188 Å². The minimum absolute atomic E-state index is 0.0205. The number of aromatic nitrogens is 4. The Bertz CT molecular complexity index is 1340. The molecule has 1 saturated heterocycles. The van der Waals surface area contributed by atoms with Gasteiger partial charge in [0.2, 0.25) is 21.9 Å². The Balaban J connectivity index is 1.48. The maximum Gasteiger partial charge on any atom is 0.230 e. The maximum atomic E-state index is 12.2. The van der Waals surface area contributed by atoms with E-state index in [9.17, 15) is 18.5 Å². The van der Waals surface area contributed by atoms with Crippen LogP contribution in [0.1, 0.15) is 26.2 Å². The number of nitrogens with one attached hydrogen (secondary N) is 1. The van der Waals surface area contributed by atoms with Crippen LogP contribution in [0.4, 0.5) is 5.95 Å². The normalized spacial score (nSPS) is 18.2. The van der Waals surface area contributed by atoms with Gasteiger partial charge in [-0.1, -0.05) is 0 Å². The van der Waals surface area contributed by atoms with Crippen LogP contribution in [0.25, 0.3) is 21.5 Å². The molecule has 0 unspecified atom stereocenters. The van der Waals surface area contributed by atoms with Gasteiger partial charge in [0.25, 0.3) is 0 Å². The Kier molecular flexibility index (Phi) is 4.99. The van der Waals surface area contributed by atoms with Crippen LogP contribution in [-0.2, 0) is 20.4 Å². The van der Waals surface area contributed by atoms with Crippen LogP contribution >= 0.6 is 11.3 Å².